The molecular formula is C14H24N4O. The van der Waals surface area contributed by atoms with E-state index < -0.39 is 0 Å². The van der Waals surface area contributed by atoms with Crippen LogP contribution in [0.3, 0.4) is 0 Å². The van der Waals surface area contributed by atoms with Crippen LogP contribution < -0.4 is 0 Å². The van der Waals surface area contributed by atoms with Gasteiger partial charge in [-0.15, -0.1) is 0 Å². The van der Waals surface area contributed by atoms with Gasteiger partial charge in [0.2, 0.25) is 0 Å². The molecule has 0 saturated carbocycles. The standard InChI is InChI=1S/C14H24N4O/c1-4-13(2)18-9-6-14(16-18)12-17(8-5-7-15)10-11-19-3/h6,9,13H,4-5,8,10-12H2,1-3H3. The lowest BCUT2D eigenvalue weighted by Gasteiger charge is -2.19. The predicted octanol–water partition coefficient (Wildman–Crippen LogP) is 2.22. The van der Waals surface area contributed by atoms with Gasteiger partial charge < -0.3 is 4.74 Å². The quantitative estimate of drug-likeness (QED) is 0.686. The smallest absolute Gasteiger partial charge is 0.0764 e. The third-order valence-electron chi connectivity index (χ3n) is 3.24. The Morgan fingerprint density at radius 2 is 2.32 bits per heavy atom. The maximum absolute atomic E-state index is 8.69. The van der Waals surface area contributed by atoms with E-state index in [1.807, 2.05) is 10.9 Å². The van der Waals surface area contributed by atoms with Gasteiger partial charge in [-0.2, -0.15) is 10.4 Å². The fraction of sp³-hybridized carbons (Fsp3) is 0.714. The SMILES string of the molecule is CCC(C)n1ccc(CN(CCC#N)CCOC)n1. The first-order valence-electron chi connectivity index (χ1n) is 6.83. The van der Waals surface area contributed by atoms with E-state index in [1.54, 1.807) is 7.11 Å². The van der Waals surface area contributed by atoms with Crippen molar-refractivity contribution in [3.63, 3.8) is 0 Å². The first-order valence-corrected chi connectivity index (χ1v) is 6.83. The Labute approximate surface area is 115 Å². The summed E-state index contributed by atoms with van der Waals surface area (Å²) in [5.74, 6) is 0. The molecular weight excluding hydrogens is 240 g/mol. The number of hydrogen-bond donors (Lipinski definition) is 0. The highest BCUT2D eigenvalue weighted by molar-refractivity contribution is 4.99. The Kier molecular flexibility index (Phi) is 7.16. The second-order valence-electron chi connectivity index (χ2n) is 4.72. The van der Waals surface area contributed by atoms with Crippen molar-refractivity contribution in [3.8, 4) is 6.07 Å². The Balaban J connectivity index is 2.57. The van der Waals surface area contributed by atoms with E-state index >= 15 is 0 Å². The number of methoxy groups -OCH3 is 1. The highest BCUT2D eigenvalue weighted by Gasteiger charge is 2.09. The van der Waals surface area contributed by atoms with Crippen LogP contribution in [0.1, 0.15) is 38.4 Å². The number of rotatable bonds is 9. The highest BCUT2D eigenvalue weighted by Crippen LogP contribution is 2.10. The van der Waals surface area contributed by atoms with Gasteiger partial charge in [0, 0.05) is 45.4 Å². The minimum absolute atomic E-state index is 0.431. The van der Waals surface area contributed by atoms with Crippen LogP contribution in [0.15, 0.2) is 12.3 Å². The van der Waals surface area contributed by atoms with Crippen molar-refractivity contribution in [2.45, 2.75) is 39.3 Å². The van der Waals surface area contributed by atoms with Crippen LogP contribution in [0.2, 0.25) is 0 Å². The number of nitrogens with zero attached hydrogens (tertiary/aromatic N) is 4. The van der Waals surface area contributed by atoms with Gasteiger partial charge in [0.25, 0.3) is 0 Å². The number of hydrogen-bond acceptors (Lipinski definition) is 4. The largest absolute Gasteiger partial charge is 0.383 e. The van der Waals surface area contributed by atoms with Crippen molar-refractivity contribution in [1.82, 2.24) is 14.7 Å². The molecule has 0 aromatic carbocycles. The average molecular weight is 264 g/mol. The summed E-state index contributed by atoms with van der Waals surface area (Å²) in [5, 5.41) is 13.3. The molecule has 1 rings (SSSR count). The van der Waals surface area contributed by atoms with Crippen molar-refractivity contribution in [3.05, 3.63) is 18.0 Å². The minimum Gasteiger partial charge on any atom is -0.383 e. The van der Waals surface area contributed by atoms with Gasteiger partial charge in [0.1, 0.15) is 0 Å². The van der Waals surface area contributed by atoms with Gasteiger partial charge >= 0.3 is 0 Å². The normalized spacial score (nSPS) is 12.6. The monoisotopic (exact) mass is 264 g/mol. The molecule has 19 heavy (non-hydrogen) atoms. The zero-order valence-electron chi connectivity index (χ0n) is 12.2. The Morgan fingerprint density at radius 1 is 1.53 bits per heavy atom. The van der Waals surface area contributed by atoms with Gasteiger partial charge in [-0.3, -0.25) is 9.58 Å². The van der Waals surface area contributed by atoms with Crippen LogP contribution in [0, 0.1) is 11.3 Å². The average Bonchev–Trinajstić information content (AvgIpc) is 2.89. The Bertz CT molecular complexity index is 396. The van der Waals surface area contributed by atoms with Crippen LogP contribution >= 0.6 is 0 Å². The number of ether oxygens (including phenoxy) is 1. The number of aromatic nitrogens is 2. The highest BCUT2D eigenvalue weighted by atomic mass is 16.5. The summed E-state index contributed by atoms with van der Waals surface area (Å²) in [6.45, 7) is 7.36. The molecule has 106 valence electrons. The van der Waals surface area contributed by atoms with Crippen molar-refractivity contribution in [2.24, 2.45) is 0 Å². The summed E-state index contributed by atoms with van der Waals surface area (Å²) in [7, 11) is 1.69. The molecule has 1 unspecified atom stereocenters. The lowest BCUT2D eigenvalue weighted by Crippen LogP contribution is -2.28. The summed E-state index contributed by atoms with van der Waals surface area (Å²) < 4.78 is 7.11. The molecule has 0 saturated heterocycles. The maximum atomic E-state index is 8.69. The lowest BCUT2D eigenvalue weighted by atomic mass is 10.3. The Hall–Kier alpha value is -1.38. The van der Waals surface area contributed by atoms with E-state index in [1.165, 1.54) is 0 Å². The fourth-order valence-corrected chi connectivity index (χ4v) is 1.82. The van der Waals surface area contributed by atoms with Crippen LogP contribution in [0.4, 0.5) is 0 Å². The lowest BCUT2D eigenvalue weighted by molar-refractivity contribution is 0.144. The second kappa shape index (κ2) is 8.68. The van der Waals surface area contributed by atoms with Crippen LogP contribution in [-0.4, -0.2) is 41.5 Å². The molecule has 0 radical (unpaired) electrons. The molecule has 5 heteroatoms. The fourth-order valence-electron chi connectivity index (χ4n) is 1.82. The van der Waals surface area contributed by atoms with Crippen molar-refractivity contribution < 1.29 is 4.74 Å². The zero-order chi connectivity index (χ0) is 14.1. The van der Waals surface area contributed by atoms with E-state index in [4.69, 9.17) is 10.00 Å². The summed E-state index contributed by atoms with van der Waals surface area (Å²) in [6.07, 6.45) is 3.64. The third kappa shape index (κ3) is 5.41. The molecule has 0 aliphatic carbocycles. The predicted molar refractivity (Wildman–Crippen MR) is 74.6 cm³/mol. The number of nitriles is 1. The molecule has 0 aliphatic rings. The van der Waals surface area contributed by atoms with E-state index in [0.717, 1.165) is 31.7 Å². The summed E-state index contributed by atoms with van der Waals surface area (Å²) >= 11 is 0. The zero-order valence-corrected chi connectivity index (χ0v) is 12.2. The summed E-state index contributed by atoms with van der Waals surface area (Å²) in [4.78, 5) is 2.20. The molecule has 0 N–H and O–H groups in total. The van der Waals surface area contributed by atoms with Crippen LogP contribution in [-0.2, 0) is 11.3 Å². The molecule has 5 nitrogen and oxygen atoms in total. The third-order valence-corrected chi connectivity index (χ3v) is 3.24. The van der Waals surface area contributed by atoms with Crippen molar-refractivity contribution in [2.75, 3.05) is 26.8 Å². The van der Waals surface area contributed by atoms with Crippen molar-refractivity contribution in [1.29, 1.82) is 5.26 Å². The van der Waals surface area contributed by atoms with Gasteiger partial charge in [-0.05, 0) is 19.4 Å². The first-order chi connectivity index (χ1) is 9.21. The summed E-state index contributed by atoms with van der Waals surface area (Å²) in [6, 6.07) is 4.67. The topological polar surface area (TPSA) is 54.1 Å². The van der Waals surface area contributed by atoms with Crippen molar-refractivity contribution >= 4 is 0 Å². The molecule has 0 spiro atoms. The van der Waals surface area contributed by atoms with E-state index in [2.05, 4.69) is 36.0 Å². The molecule has 1 heterocycles. The van der Waals surface area contributed by atoms with Crippen LogP contribution in [0.5, 0.6) is 0 Å². The molecule has 0 fully saturated rings. The van der Waals surface area contributed by atoms with E-state index in [-0.39, 0.29) is 0 Å². The maximum Gasteiger partial charge on any atom is 0.0764 e. The van der Waals surface area contributed by atoms with E-state index in [0.29, 0.717) is 19.1 Å². The van der Waals surface area contributed by atoms with Gasteiger partial charge in [-0.1, -0.05) is 6.92 Å². The molecule has 0 bridgehead atoms. The van der Waals surface area contributed by atoms with Gasteiger partial charge in [0.05, 0.1) is 18.4 Å². The molecule has 0 amide bonds. The molecule has 1 aromatic rings. The molecule has 1 atom stereocenters. The van der Waals surface area contributed by atoms with Gasteiger partial charge in [-0.25, -0.2) is 0 Å². The first kappa shape index (κ1) is 15.7. The Morgan fingerprint density at radius 3 is 2.95 bits per heavy atom. The molecule has 1 aromatic heterocycles. The van der Waals surface area contributed by atoms with Gasteiger partial charge in [0.15, 0.2) is 0 Å². The van der Waals surface area contributed by atoms with E-state index in [9.17, 15) is 0 Å². The minimum atomic E-state index is 0.431. The molecule has 0 aliphatic heterocycles. The van der Waals surface area contributed by atoms with Crippen LogP contribution in [0.25, 0.3) is 0 Å². The summed E-state index contributed by atoms with van der Waals surface area (Å²) in [5.41, 5.74) is 1.05. The second-order valence-corrected chi connectivity index (χ2v) is 4.72.